The molecule has 0 spiro atoms. The van der Waals surface area contributed by atoms with E-state index in [1.807, 2.05) is 14.0 Å². The number of likely N-dealkylation sites (N-methyl/N-ethyl adjacent to an activating group) is 1. The van der Waals surface area contributed by atoms with Crippen LogP contribution in [-0.4, -0.2) is 55.3 Å². The maximum absolute atomic E-state index is 12.4. The van der Waals surface area contributed by atoms with Crippen molar-refractivity contribution in [3.8, 4) is 0 Å². The maximum Gasteiger partial charge on any atom is 0.244 e. The molecule has 0 radical (unpaired) electrons. The summed E-state index contributed by atoms with van der Waals surface area (Å²) in [6, 6.07) is 1.85. The zero-order chi connectivity index (χ0) is 13.3. The normalized spacial score (nSPS) is 23.4. The molecule has 0 bridgehead atoms. The van der Waals surface area contributed by atoms with Gasteiger partial charge in [0.1, 0.15) is 0 Å². The van der Waals surface area contributed by atoms with Gasteiger partial charge in [0.05, 0.1) is 4.90 Å². The van der Waals surface area contributed by atoms with E-state index in [-0.39, 0.29) is 6.04 Å². The average molecular weight is 272 g/mol. The highest BCUT2D eigenvalue weighted by Gasteiger charge is 2.31. The zero-order valence-electron chi connectivity index (χ0n) is 10.8. The van der Waals surface area contributed by atoms with Gasteiger partial charge in [-0.15, -0.1) is 0 Å². The van der Waals surface area contributed by atoms with E-state index in [4.69, 9.17) is 5.73 Å². The lowest BCUT2D eigenvalue weighted by atomic mass is 10.2. The van der Waals surface area contributed by atoms with Crippen LogP contribution in [0.1, 0.15) is 12.6 Å². The van der Waals surface area contributed by atoms with E-state index >= 15 is 0 Å². The number of H-pyrrole nitrogens is 1. The van der Waals surface area contributed by atoms with Crippen LogP contribution in [0.5, 0.6) is 0 Å². The molecule has 1 aliphatic rings. The molecule has 18 heavy (non-hydrogen) atoms. The SMILES string of the molecule is CC1CN(S(=O)(=O)c2c[nH]c(CN)c2)CCN1C. The molecule has 0 amide bonds. The molecule has 2 rings (SSSR count). The molecular weight excluding hydrogens is 252 g/mol. The van der Waals surface area contributed by atoms with Gasteiger partial charge < -0.3 is 15.6 Å². The Balaban J connectivity index is 2.21. The Morgan fingerprint density at radius 3 is 2.78 bits per heavy atom. The number of aromatic amines is 1. The molecule has 1 fully saturated rings. The molecule has 1 aromatic heterocycles. The van der Waals surface area contributed by atoms with Crippen LogP contribution >= 0.6 is 0 Å². The summed E-state index contributed by atoms with van der Waals surface area (Å²) >= 11 is 0. The largest absolute Gasteiger partial charge is 0.363 e. The lowest BCUT2D eigenvalue weighted by Crippen LogP contribution is -2.51. The van der Waals surface area contributed by atoms with Gasteiger partial charge in [-0.3, -0.25) is 0 Å². The standard InChI is InChI=1S/C11H20N4O2S/c1-9-8-15(4-3-14(9)2)18(16,17)11-5-10(6-12)13-7-11/h5,7,9,13H,3-4,6,8,12H2,1-2H3. The van der Waals surface area contributed by atoms with Gasteiger partial charge in [-0.25, -0.2) is 8.42 Å². The maximum atomic E-state index is 12.4. The van der Waals surface area contributed by atoms with Crippen molar-refractivity contribution in [2.75, 3.05) is 26.7 Å². The lowest BCUT2D eigenvalue weighted by Gasteiger charge is -2.36. The van der Waals surface area contributed by atoms with Gasteiger partial charge in [0, 0.05) is 44.1 Å². The third kappa shape index (κ3) is 2.44. The molecular formula is C11H20N4O2S. The van der Waals surface area contributed by atoms with Crippen molar-refractivity contribution in [3.63, 3.8) is 0 Å². The first-order chi connectivity index (χ1) is 8.45. The van der Waals surface area contributed by atoms with Gasteiger partial charge in [-0.05, 0) is 20.0 Å². The van der Waals surface area contributed by atoms with Crippen molar-refractivity contribution >= 4 is 10.0 Å². The minimum Gasteiger partial charge on any atom is -0.363 e. The highest BCUT2D eigenvalue weighted by molar-refractivity contribution is 7.89. The molecule has 1 aliphatic heterocycles. The Morgan fingerprint density at radius 1 is 1.50 bits per heavy atom. The van der Waals surface area contributed by atoms with E-state index in [2.05, 4.69) is 9.88 Å². The predicted molar refractivity (Wildman–Crippen MR) is 69.5 cm³/mol. The van der Waals surface area contributed by atoms with Crippen molar-refractivity contribution < 1.29 is 8.42 Å². The number of aromatic nitrogens is 1. The van der Waals surface area contributed by atoms with Crippen LogP contribution in [-0.2, 0) is 16.6 Å². The summed E-state index contributed by atoms with van der Waals surface area (Å²) < 4.78 is 26.4. The molecule has 2 heterocycles. The average Bonchev–Trinajstić information content (AvgIpc) is 2.81. The van der Waals surface area contributed by atoms with Crippen LogP contribution in [0.3, 0.4) is 0 Å². The number of hydrogen-bond acceptors (Lipinski definition) is 4. The first-order valence-electron chi connectivity index (χ1n) is 6.03. The molecule has 7 heteroatoms. The van der Waals surface area contributed by atoms with Gasteiger partial charge in [-0.1, -0.05) is 0 Å². The highest BCUT2D eigenvalue weighted by atomic mass is 32.2. The predicted octanol–water partition coefficient (Wildman–Crippen LogP) is -0.202. The fraction of sp³-hybridized carbons (Fsp3) is 0.636. The summed E-state index contributed by atoms with van der Waals surface area (Å²) in [5, 5.41) is 0. The second-order valence-electron chi connectivity index (χ2n) is 4.76. The monoisotopic (exact) mass is 272 g/mol. The van der Waals surface area contributed by atoms with Gasteiger partial charge in [0.25, 0.3) is 0 Å². The third-order valence-corrected chi connectivity index (χ3v) is 5.34. The second-order valence-corrected chi connectivity index (χ2v) is 6.70. The van der Waals surface area contributed by atoms with Crippen LogP contribution in [0.2, 0.25) is 0 Å². The molecule has 1 saturated heterocycles. The lowest BCUT2D eigenvalue weighted by molar-refractivity contribution is 0.159. The van der Waals surface area contributed by atoms with E-state index in [9.17, 15) is 8.42 Å². The summed E-state index contributed by atoms with van der Waals surface area (Å²) in [6.45, 7) is 4.17. The molecule has 0 aliphatic carbocycles. The summed E-state index contributed by atoms with van der Waals surface area (Å²) in [4.78, 5) is 5.35. The van der Waals surface area contributed by atoms with Crippen LogP contribution < -0.4 is 5.73 Å². The molecule has 6 nitrogen and oxygen atoms in total. The molecule has 1 atom stereocenters. The minimum atomic E-state index is -3.39. The quantitative estimate of drug-likeness (QED) is 0.798. The Morgan fingerprint density at radius 2 is 2.22 bits per heavy atom. The van der Waals surface area contributed by atoms with Gasteiger partial charge in [-0.2, -0.15) is 4.31 Å². The summed E-state index contributed by atoms with van der Waals surface area (Å²) in [5.41, 5.74) is 6.21. The second kappa shape index (κ2) is 5.00. The van der Waals surface area contributed by atoms with E-state index in [0.29, 0.717) is 24.5 Å². The van der Waals surface area contributed by atoms with E-state index < -0.39 is 10.0 Å². The fourth-order valence-corrected chi connectivity index (χ4v) is 3.60. The number of sulfonamides is 1. The minimum absolute atomic E-state index is 0.237. The van der Waals surface area contributed by atoms with Gasteiger partial charge >= 0.3 is 0 Å². The molecule has 1 unspecified atom stereocenters. The number of rotatable bonds is 3. The Labute approximate surface area is 108 Å². The van der Waals surface area contributed by atoms with Crippen molar-refractivity contribution in [2.45, 2.75) is 24.4 Å². The third-order valence-electron chi connectivity index (χ3n) is 3.50. The van der Waals surface area contributed by atoms with Crippen molar-refractivity contribution in [1.29, 1.82) is 0 Å². The number of piperazine rings is 1. The fourth-order valence-electron chi connectivity index (χ4n) is 2.07. The smallest absolute Gasteiger partial charge is 0.244 e. The molecule has 102 valence electrons. The molecule has 3 N–H and O–H groups in total. The number of nitrogens with one attached hydrogen (secondary N) is 1. The van der Waals surface area contributed by atoms with Crippen molar-refractivity contribution in [3.05, 3.63) is 18.0 Å². The Hall–Kier alpha value is -0.890. The van der Waals surface area contributed by atoms with Crippen LogP contribution in [0.15, 0.2) is 17.2 Å². The van der Waals surface area contributed by atoms with E-state index in [1.165, 1.54) is 6.20 Å². The molecule has 0 saturated carbocycles. The Kier molecular flexibility index (Phi) is 3.76. The first kappa shape index (κ1) is 13.5. The highest BCUT2D eigenvalue weighted by Crippen LogP contribution is 2.19. The summed E-state index contributed by atoms with van der Waals surface area (Å²) in [6.07, 6.45) is 1.51. The molecule has 0 aromatic carbocycles. The van der Waals surface area contributed by atoms with Crippen LogP contribution in [0, 0.1) is 0 Å². The Bertz CT molecular complexity index is 511. The van der Waals surface area contributed by atoms with Gasteiger partial charge in [0.15, 0.2) is 0 Å². The van der Waals surface area contributed by atoms with Crippen LogP contribution in [0.25, 0.3) is 0 Å². The summed E-state index contributed by atoms with van der Waals surface area (Å²) in [5.74, 6) is 0. The van der Waals surface area contributed by atoms with Gasteiger partial charge in [0.2, 0.25) is 10.0 Å². The summed E-state index contributed by atoms with van der Waals surface area (Å²) in [7, 11) is -1.38. The number of nitrogens with two attached hydrogens (primary N) is 1. The van der Waals surface area contributed by atoms with Crippen LogP contribution in [0.4, 0.5) is 0 Å². The number of hydrogen-bond donors (Lipinski definition) is 2. The van der Waals surface area contributed by atoms with E-state index in [0.717, 1.165) is 12.2 Å². The van der Waals surface area contributed by atoms with Crippen molar-refractivity contribution in [1.82, 2.24) is 14.2 Å². The molecule has 1 aromatic rings. The zero-order valence-corrected chi connectivity index (χ0v) is 11.6. The van der Waals surface area contributed by atoms with E-state index in [1.54, 1.807) is 10.4 Å². The first-order valence-corrected chi connectivity index (χ1v) is 7.47. The number of nitrogens with zero attached hydrogens (tertiary/aromatic N) is 2. The topological polar surface area (TPSA) is 82.4 Å². The van der Waals surface area contributed by atoms with Crippen molar-refractivity contribution in [2.24, 2.45) is 5.73 Å².